The SMILES string of the molecule is Cc1ncc(C(=O)NCc2cc3nc(-c4cc(F)cc(N5CC(O)C6(CC6)C5)n4)ccc3cn2)cc1S(C)(=O)=O. The molecule has 1 spiro atoms. The third-order valence-electron chi connectivity index (χ3n) is 7.62. The maximum Gasteiger partial charge on any atom is 0.253 e. The molecule has 2 N–H and O–H groups in total. The van der Waals surface area contributed by atoms with Gasteiger partial charge in [-0.3, -0.25) is 14.8 Å². The molecule has 1 atom stereocenters. The van der Waals surface area contributed by atoms with Crippen LogP contribution in [-0.4, -0.2) is 64.8 Å². The number of fused-ring (bicyclic) bond motifs is 1. The molecule has 1 aliphatic heterocycles. The lowest BCUT2D eigenvalue weighted by atomic mass is 10.0. The van der Waals surface area contributed by atoms with E-state index in [1.165, 1.54) is 24.4 Å². The number of aromatic nitrogens is 4. The van der Waals surface area contributed by atoms with E-state index in [0.717, 1.165) is 24.5 Å². The average molecular weight is 563 g/mol. The highest BCUT2D eigenvalue weighted by atomic mass is 32.2. The van der Waals surface area contributed by atoms with E-state index in [1.54, 1.807) is 25.3 Å². The van der Waals surface area contributed by atoms with E-state index in [0.29, 0.717) is 47.2 Å². The molecule has 1 saturated heterocycles. The molecule has 0 radical (unpaired) electrons. The number of nitrogens with one attached hydrogen (secondary N) is 1. The zero-order valence-corrected chi connectivity index (χ0v) is 22.7. The van der Waals surface area contributed by atoms with Crippen molar-refractivity contribution in [3.63, 3.8) is 0 Å². The number of nitrogens with zero attached hydrogens (tertiary/aromatic N) is 5. The van der Waals surface area contributed by atoms with Crippen molar-refractivity contribution in [1.29, 1.82) is 0 Å². The molecule has 0 bridgehead atoms. The fourth-order valence-electron chi connectivity index (χ4n) is 5.14. The molecule has 2 fully saturated rings. The summed E-state index contributed by atoms with van der Waals surface area (Å²) in [4.78, 5) is 32.4. The van der Waals surface area contributed by atoms with Crippen LogP contribution in [0.2, 0.25) is 0 Å². The Hall–Kier alpha value is -4.03. The molecule has 1 unspecified atom stereocenters. The van der Waals surface area contributed by atoms with Crippen LogP contribution in [0.25, 0.3) is 22.3 Å². The smallest absolute Gasteiger partial charge is 0.253 e. The maximum absolute atomic E-state index is 14.6. The minimum atomic E-state index is -3.53. The Morgan fingerprint density at radius 2 is 1.93 bits per heavy atom. The van der Waals surface area contributed by atoms with E-state index >= 15 is 0 Å². The van der Waals surface area contributed by atoms with Gasteiger partial charge in [0.1, 0.15) is 11.6 Å². The van der Waals surface area contributed by atoms with Crippen LogP contribution in [0.5, 0.6) is 0 Å². The highest BCUT2D eigenvalue weighted by molar-refractivity contribution is 7.90. The van der Waals surface area contributed by atoms with E-state index < -0.39 is 27.7 Å². The molecule has 0 aromatic carbocycles. The van der Waals surface area contributed by atoms with Gasteiger partial charge in [0.15, 0.2) is 9.84 Å². The highest BCUT2D eigenvalue weighted by Crippen LogP contribution is 2.53. The number of aliphatic hydroxyl groups is 1. The van der Waals surface area contributed by atoms with Gasteiger partial charge >= 0.3 is 0 Å². The minimum absolute atomic E-state index is 0.00257. The van der Waals surface area contributed by atoms with Crippen molar-refractivity contribution in [3.05, 3.63) is 71.6 Å². The fourth-order valence-corrected chi connectivity index (χ4v) is 6.07. The second-order valence-electron chi connectivity index (χ2n) is 10.6. The topological polar surface area (TPSA) is 138 Å². The van der Waals surface area contributed by atoms with Crippen LogP contribution in [0.1, 0.15) is 34.6 Å². The Bertz CT molecular complexity index is 1780. The summed E-state index contributed by atoms with van der Waals surface area (Å²) in [7, 11) is -3.53. The molecule has 6 rings (SSSR count). The van der Waals surface area contributed by atoms with E-state index in [4.69, 9.17) is 0 Å². The Balaban J connectivity index is 1.22. The lowest BCUT2D eigenvalue weighted by Crippen LogP contribution is -2.24. The van der Waals surface area contributed by atoms with Gasteiger partial charge in [-0.05, 0) is 44.0 Å². The second kappa shape index (κ2) is 9.56. The summed E-state index contributed by atoms with van der Waals surface area (Å²) in [5, 5.41) is 13.9. The van der Waals surface area contributed by atoms with Crippen LogP contribution in [0, 0.1) is 18.2 Å². The molecule has 1 amide bonds. The number of carbonyl (C=O) groups excluding carboxylic acids is 1. The van der Waals surface area contributed by atoms with Gasteiger partial charge in [-0.25, -0.2) is 22.8 Å². The summed E-state index contributed by atoms with van der Waals surface area (Å²) >= 11 is 0. The number of halogens is 1. The highest BCUT2D eigenvalue weighted by Gasteiger charge is 2.54. The third kappa shape index (κ3) is 5.00. The van der Waals surface area contributed by atoms with E-state index in [-0.39, 0.29) is 22.4 Å². The number of carbonyl (C=O) groups is 1. The summed E-state index contributed by atoms with van der Waals surface area (Å²) < 4.78 is 38.6. The molecule has 2 aliphatic rings. The zero-order valence-electron chi connectivity index (χ0n) is 21.9. The molecule has 1 aliphatic carbocycles. The number of amides is 1. The standard InChI is InChI=1S/C28H27FN6O4S/c1-16-24(40(2,38)39)7-18(12-30-16)27(37)32-13-20-10-22-17(11-31-20)3-4-21(33-22)23-8-19(29)9-26(34-23)35-14-25(36)28(15-35)5-6-28/h3-4,7-12,25,36H,5-6,13-15H2,1-2H3,(H,32,37). The molecule has 1 saturated carbocycles. The molecule has 40 heavy (non-hydrogen) atoms. The van der Waals surface area contributed by atoms with E-state index in [2.05, 4.69) is 25.3 Å². The van der Waals surface area contributed by atoms with Crippen molar-refractivity contribution < 1.29 is 22.7 Å². The number of β-amino-alcohol motifs (C(OH)–C–C–N with tert-alkyl or cyclic N) is 1. The molecule has 10 nitrogen and oxygen atoms in total. The van der Waals surface area contributed by atoms with Gasteiger partial charge < -0.3 is 15.3 Å². The number of aryl methyl sites for hydroxylation is 1. The van der Waals surface area contributed by atoms with Gasteiger partial charge in [-0.1, -0.05) is 0 Å². The molecule has 206 valence electrons. The van der Waals surface area contributed by atoms with E-state index in [1.807, 2.05) is 11.0 Å². The van der Waals surface area contributed by atoms with Gasteiger partial charge in [-0.2, -0.15) is 0 Å². The second-order valence-corrected chi connectivity index (χ2v) is 12.6. The Morgan fingerprint density at radius 3 is 2.65 bits per heavy atom. The number of rotatable bonds is 6. The average Bonchev–Trinajstić information content (AvgIpc) is 3.63. The summed E-state index contributed by atoms with van der Waals surface area (Å²) in [5.74, 6) is -0.448. The van der Waals surface area contributed by atoms with Crippen LogP contribution in [0.15, 0.2) is 53.7 Å². The van der Waals surface area contributed by atoms with Crippen LogP contribution >= 0.6 is 0 Å². The van der Waals surface area contributed by atoms with Crippen molar-refractivity contribution in [3.8, 4) is 11.4 Å². The van der Waals surface area contributed by atoms with Crippen molar-refractivity contribution >= 4 is 32.5 Å². The van der Waals surface area contributed by atoms with Crippen molar-refractivity contribution in [2.24, 2.45) is 5.41 Å². The van der Waals surface area contributed by atoms with Crippen LogP contribution in [-0.2, 0) is 16.4 Å². The van der Waals surface area contributed by atoms with Gasteiger partial charge in [0, 0.05) is 54.7 Å². The molecular formula is C28H27FN6O4S. The number of hydrogen-bond donors (Lipinski definition) is 2. The lowest BCUT2D eigenvalue weighted by molar-refractivity contribution is 0.0949. The van der Waals surface area contributed by atoms with Gasteiger partial charge in [-0.15, -0.1) is 0 Å². The molecule has 12 heteroatoms. The largest absolute Gasteiger partial charge is 0.391 e. The van der Waals surface area contributed by atoms with Crippen molar-refractivity contribution in [2.45, 2.75) is 37.3 Å². The minimum Gasteiger partial charge on any atom is -0.391 e. The predicted octanol–water partition coefficient (Wildman–Crippen LogP) is 2.83. The van der Waals surface area contributed by atoms with Gasteiger partial charge in [0.05, 0.1) is 51.4 Å². The number of hydrogen-bond acceptors (Lipinski definition) is 9. The summed E-state index contributed by atoms with van der Waals surface area (Å²) in [6, 6.07) is 9.32. The van der Waals surface area contributed by atoms with Crippen LogP contribution in [0.3, 0.4) is 0 Å². The number of aliphatic hydroxyl groups excluding tert-OH is 1. The lowest BCUT2D eigenvalue weighted by Gasteiger charge is -2.18. The molecule has 4 aromatic heterocycles. The Labute approximate surface area is 230 Å². The van der Waals surface area contributed by atoms with Gasteiger partial charge in [0.2, 0.25) is 0 Å². The summed E-state index contributed by atoms with van der Waals surface area (Å²) in [6.45, 7) is 2.73. The van der Waals surface area contributed by atoms with Crippen molar-refractivity contribution in [1.82, 2.24) is 25.3 Å². The van der Waals surface area contributed by atoms with Crippen LogP contribution in [0.4, 0.5) is 10.2 Å². The summed E-state index contributed by atoms with van der Waals surface area (Å²) in [5.41, 5.74) is 2.34. The monoisotopic (exact) mass is 562 g/mol. The first-order chi connectivity index (χ1) is 19.0. The van der Waals surface area contributed by atoms with Crippen LogP contribution < -0.4 is 10.2 Å². The maximum atomic E-state index is 14.6. The number of anilines is 1. The molecule has 4 aromatic rings. The van der Waals surface area contributed by atoms with Crippen molar-refractivity contribution in [2.75, 3.05) is 24.2 Å². The fraction of sp³-hybridized carbons (Fsp3) is 0.321. The van der Waals surface area contributed by atoms with Gasteiger partial charge in [0.25, 0.3) is 5.91 Å². The number of pyridine rings is 4. The Kier molecular flexibility index (Phi) is 6.26. The normalized spacial score (nSPS) is 17.9. The predicted molar refractivity (Wildman–Crippen MR) is 146 cm³/mol. The first-order valence-electron chi connectivity index (χ1n) is 12.8. The first-order valence-corrected chi connectivity index (χ1v) is 14.7. The molecular weight excluding hydrogens is 535 g/mol. The zero-order chi connectivity index (χ0) is 28.2. The first kappa shape index (κ1) is 26.2. The summed E-state index contributed by atoms with van der Waals surface area (Å²) in [6.07, 6.45) is 5.54. The van der Waals surface area contributed by atoms with E-state index in [9.17, 15) is 22.7 Å². The number of sulfone groups is 1. The third-order valence-corrected chi connectivity index (χ3v) is 8.84. The quantitative estimate of drug-likeness (QED) is 0.363. The Morgan fingerprint density at radius 1 is 1.12 bits per heavy atom. The molecule has 5 heterocycles.